The summed E-state index contributed by atoms with van der Waals surface area (Å²) in [5.41, 5.74) is 7.59. The number of nitrogen functional groups attached to an aromatic ring is 1. The average molecular weight is 279 g/mol. The van der Waals surface area contributed by atoms with Crippen molar-refractivity contribution in [1.29, 1.82) is 0 Å². The van der Waals surface area contributed by atoms with Gasteiger partial charge in [0.15, 0.2) is 11.5 Å². The van der Waals surface area contributed by atoms with Crippen LogP contribution in [0.25, 0.3) is 11.3 Å². The van der Waals surface area contributed by atoms with Gasteiger partial charge < -0.3 is 15.2 Å². The number of hydrogen-bond acceptors (Lipinski definition) is 4. The van der Waals surface area contributed by atoms with E-state index >= 15 is 0 Å². The van der Waals surface area contributed by atoms with Gasteiger partial charge in [0.2, 0.25) is 0 Å². The molecule has 20 heavy (non-hydrogen) atoms. The molecule has 0 aliphatic carbocycles. The Morgan fingerprint density at radius 3 is 2.40 bits per heavy atom. The normalized spacial score (nSPS) is 12.2. The first-order chi connectivity index (χ1) is 9.47. The minimum Gasteiger partial charge on any atom is -0.493 e. The van der Waals surface area contributed by atoms with E-state index in [9.17, 15) is 4.39 Å². The van der Waals surface area contributed by atoms with Gasteiger partial charge in [-0.2, -0.15) is 5.10 Å². The second-order valence-electron chi connectivity index (χ2n) is 4.50. The highest BCUT2D eigenvalue weighted by Gasteiger charge is 2.19. The lowest BCUT2D eigenvalue weighted by molar-refractivity contribution is 0.324. The summed E-state index contributed by atoms with van der Waals surface area (Å²) in [5, 5.41) is 4.28. The Morgan fingerprint density at radius 2 is 1.95 bits per heavy atom. The predicted octanol–water partition coefficient (Wildman–Crippen LogP) is 2.72. The van der Waals surface area contributed by atoms with Crippen molar-refractivity contribution in [3.8, 4) is 22.8 Å². The molecule has 0 saturated carbocycles. The standard InChI is InChI=1S/C14H18FN3O2/c1-8(15)10-5-9(6-12(19-3)14(10)20-4)11-7-13(16)18(2)17-11/h5-8H,16H2,1-4H3. The van der Waals surface area contributed by atoms with Gasteiger partial charge >= 0.3 is 0 Å². The Bertz CT molecular complexity index is 604. The van der Waals surface area contributed by atoms with Crippen molar-refractivity contribution in [3.63, 3.8) is 0 Å². The molecule has 1 unspecified atom stereocenters. The van der Waals surface area contributed by atoms with Crippen LogP contribution in [0, 0.1) is 0 Å². The summed E-state index contributed by atoms with van der Waals surface area (Å²) in [5.74, 6) is 1.40. The Morgan fingerprint density at radius 1 is 1.25 bits per heavy atom. The topological polar surface area (TPSA) is 62.3 Å². The predicted molar refractivity (Wildman–Crippen MR) is 75.7 cm³/mol. The molecule has 0 spiro atoms. The van der Waals surface area contributed by atoms with Crippen LogP contribution < -0.4 is 15.2 Å². The number of methoxy groups -OCH3 is 2. The summed E-state index contributed by atoms with van der Waals surface area (Å²) in [4.78, 5) is 0. The maximum absolute atomic E-state index is 13.8. The number of ether oxygens (including phenoxy) is 2. The summed E-state index contributed by atoms with van der Waals surface area (Å²) in [6, 6.07) is 5.19. The quantitative estimate of drug-likeness (QED) is 0.934. The minimum absolute atomic E-state index is 0.398. The van der Waals surface area contributed by atoms with Crippen LogP contribution in [0.5, 0.6) is 11.5 Å². The number of alkyl halides is 1. The lowest BCUT2D eigenvalue weighted by Gasteiger charge is -2.15. The fourth-order valence-corrected chi connectivity index (χ4v) is 2.06. The Kier molecular flexibility index (Phi) is 3.83. The Hall–Kier alpha value is -2.24. The van der Waals surface area contributed by atoms with Gasteiger partial charge in [0.05, 0.1) is 19.9 Å². The van der Waals surface area contributed by atoms with Crippen LogP contribution in [0.1, 0.15) is 18.7 Å². The smallest absolute Gasteiger partial charge is 0.166 e. The lowest BCUT2D eigenvalue weighted by Crippen LogP contribution is -1.99. The maximum atomic E-state index is 13.8. The van der Waals surface area contributed by atoms with Crippen molar-refractivity contribution in [2.45, 2.75) is 13.1 Å². The number of nitrogens with zero attached hydrogens (tertiary/aromatic N) is 2. The number of nitrogens with two attached hydrogens (primary N) is 1. The molecule has 0 aliphatic rings. The van der Waals surface area contributed by atoms with Crippen molar-refractivity contribution in [3.05, 3.63) is 23.8 Å². The van der Waals surface area contributed by atoms with Gasteiger partial charge in [0.1, 0.15) is 12.0 Å². The average Bonchev–Trinajstić information content (AvgIpc) is 2.76. The molecule has 2 rings (SSSR count). The van der Waals surface area contributed by atoms with Crippen LogP contribution in [0.15, 0.2) is 18.2 Å². The van der Waals surface area contributed by atoms with E-state index in [2.05, 4.69) is 5.10 Å². The first kappa shape index (κ1) is 14.2. The molecule has 0 fully saturated rings. The van der Waals surface area contributed by atoms with Crippen LogP contribution >= 0.6 is 0 Å². The molecule has 0 radical (unpaired) electrons. The van der Waals surface area contributed by atoms with Gasteiger partial charge in [-0.05, 0) is 19.1 Å². The van der Waals surface area contributed by atoms with Gasteiger partial charge in [0.25, 0.3) is 0 Å². The molecule has 0 saturated heterocycles. The number of rotatable bonds is 4. The Balaban J connectivity index is 2.62. The maximum Gasteiger partial charge on any atom is 0.166 e. The molecule has 0 bridgehead atoms. The van der Waals surface area contributed by atoms with Gasteiger partial charge in [-0.1, -0.05) is 0 Å². The zero-order valence-corrected chi connectivity index (χ0v) is 12.0. The van der Waals surface area contributed by atoms with Crippen LogP contribution in [0.3, 0.4) is 0 Å². The third-order valence-electron chi connectivity index (χ3n) is 3.15. The number of hydrogen-bond donors (Lipinski definition) is 1. The summed E-state index contributed by atoms with van der Waals surface area (Å²) < 4.78 is 25.9. The van der Waals surface area contributed by atoms with E-state index in [4.69, 9.17) is 15.2 Å². The monoisotopic (exact) mass is 279 g/mol. The Labute approximate surface area is 117 Å². The van der Waals surface area contributed by atoms with Gasteiger partial charge in [-0.25, -0.2) is 4.39 Å². The van der Waals surface area contributed by atoms with E-state index in [1.54, 1.807) is 29.9 Å². The summed E-state index contributed by atoms with van der Waals surface area (Å²) in [7, 11) is 4.75. The summed E-state index contributed by atoms with van der Waals surface area (Å²) >= 11 is 0. The van der Waals surface area contributed by atoms with Gasteiger partial charge in [-0.3, -0.25) is 4.68 Å². The molecule has 1 atom stereocenters. The van der Waals surface area contributed by atoms with E-state index < -0.39 is 6.17 Å². The fraction of sp³-hybridized carbons (Fsp3) is 0.357. The number of benzene rings is 1. The second-order valence-corrected chi connectivity index (χ2v) is 4.50. The van der Waals surface area contributed by atoms with Crippen molar-refractivity contribution in [2.24, 2.45) is 7.05 Å². The van der Waals surface area contributed by atoms with Gasteiger partial charge in [-0.15, -0.1) is 0 Å². The van der Waals surface area contributed by atoms with Crippen molar-refractivity contribution in [2.75, 3.05) is 20.0 Å². The SMILES string of the molecule is COc1cc(-c2cc(N)n(C)n2)cc(C(C)F)c1OC. The van der Waals surface area contributed by atoms with Gasteiger partial charge in [0, 0.05) is 24.2 Å². The highest BCUT2D eigenvalue weighted by Crippen LogP contribution is 2.40. The largest absolute Gasteiger partial charge is 0.493 e. The highest BCUT2D eigenvalue weighted by atomic mass is 19.1. The first-order valence-electron chi connectivity index (χ1n) is 6.17. The first-order valence-corrected chi connectivity index (χ1v) is 6.17. The number of aryl methyl sites for hydroxylation is 1. The van der Waals surface area contributed by atoms with E-state index in [1.807, 2.05) is 0 Å². The number of halogens is 1. The summed E-state index contributed by atoms with van der Waals surface area (Å²) in [6.07, 6.45) is -1.18. The minimum atomic E-state index is -1.18. The molecule has 108 valence electrons. The molecule has 2 aromatic rings. The highest BCUT2D eigenvalue weighted by molar-refractivity contribution is 5.68. The lowest BCUT2D eigenvalue weighted by atomic mass is 10.0. The zero-order chi connectivity index (χ0) is 14.9. The third-order valence-corrected chi connectivity index (χ3v) is 3.15. The van der Waals surface area contributed by atoms with Crippen molar-refractivity contribution < 1.29 is 13.9 Å². The number of aromatic nitrogens is 2. The fourth-order valence-electron chi connectivity index (χ4n) is 2.06. The van der Waals surface area contributed by atoms with Crippen LogP contribution in [0.2, 0.25) is 0 Å². The van der Waals surface area contributed by atoms with E-state index in [0.717, 1.165) is 5.56 Å². The molecule has 2 N–H and O–H groups in total. The molecular formula is C14H18FN3O2. The molecule has 0 amide bonds. The molecule has 1 aromatic carbocycles. The van der Waals surface area contributed by atoms with Crippen molar-refractivity contribution in [1.82, 2.24) is 9.78 Å². The van der Waals surface area contributed by atoms with E-state index in [1.165, 1.54) is 21.1 Å². The number of anilines is 1. The van der Waals surface area contributed by atoms with Crippen LogP contribution in [-0.4, -0.2) is 24.0 Å². The molecule has 0 aliphatic heterocycles. The molecule has 1 heterocycles. The van der Waals surface area contributed by atoms with Crippen LogP contribution in [-0.2, 0) is 7.05 Å². The molecule has 1 aromatic heterocycles. The molecule has 5 nitrogen and oxygen atoms in total. The second kappa shape index (κ2) is 5.40. The molecular weight excluding hydrogens is 261 g/mol. The molecule has 6 heteroatoms. The third kappa shape index (κ3) is 2.41. The zero-order valence-electron chi connectivity index (χ0n) is 12.0. The summed E-state index contributed by atoms with van der Waals surface area (Å²) in [6.45, 7) is 1.45. The van der Waals surface area contributed by atoms with Crippen molar-refractivity contribution >= 4 is 5.82 Å². The van der Waals surface area contributed by atoms with Crippen LogP contribution in [0.4, 0.5) is 10.2 Å². The van der Waals surface area contributed by atoms with E-state index in [0.29, 0.717) is 28.6 Å². The van der Waals surface area contributed by atoms with E-state index in [-0.39, 0.29) is 0 Å².